The number of aliphatic imine (C=N–C) groups is 1. The van der Waals surface area contributed by atoms with Crippen molar-refractivity contribution < 1.29 is 17.9 Å². The molecule has 1 aromatic rings. The largest absolute Gasteiger partial charge is 0.484 e. The van der Waals surface area contributed by atoms with Gasteiger partial charge in [0.25, 0.3) is 0 Å². The van der Waals surface area contributed by atoms with E-state index >= 15 is 0 Å². The fourth-order valence-electron chi connectivity index (χ4n) is 2.96. The first-order valence-electron chi connectivity index (χ1n) is 8.77. The second-order valence-electron chi connectivity index (χ2n) is 6.62. The zero-order valence-corrected chi connectivity index (χ0v) is 15.3. The molecule has 1 atom stereocenters. The number of alkyl halides is 3. The molecular formula is C18H27F3N4O. The molecule has 1 aliphatic rings. The highest BCUT2D eigenvalue weighted by molar-refractivity contribution is 5.79. The van der Waals surface area contributed by atoms with E-state index in [-0.39, 0.29) is 5.75 Å². The van der Waals surface area contributed by atoms with E-state index in [9.17, 15) is 13.2 Å². The Hall–Kier alpha value is -1.96. The Morgan fingerprint density at radius 1 is 1.27 bits per heavy atom. The third kappa shape index (κ3) is 7.51. The molecular weight excluding hydrogens is 345 g/mol. The lowest BCUT2D eigenvalue weighted by Gasteiger charge is -2.30. The maximum absolute atomic E-state index is 12.1. The SMILES string of the molecule is CN=C(NCc1ccc(OCC(F)(F)F)cc1)NCC1CCCN(C)C1. The van der Waals surface area contributed by atoms with Crippen LogP contribution in [0.2, 0.25) is 0 Å². The topological polar surface area (TPSA) is 48.9 Å². The van der Waals surface area contributed by atoms with Gasteiger partial charge in [0.1, 0.15) is 5.75 Å². The lowest BCUT2D eigenvalue weighted by molar-refractivity contribution is -0.153. The maximum atomic E-state index is 12.1. The van der Waals surface area contributed by atoms with Crippen LogP contribution in [0.3, 0.4) is 0 Å². The van der Waals surface area contributed by atoms with Crippen LogP contribution in [0, 0.1) is 5.92 Å². The Balaban J connectivity index is 1.73. The normalized spacial score (nSPS) is 19.3. The molecule has 146 valence electrons. The van der Waals surface area contributed by atoms with Gasteiger partial charge in [-0.1, -0.05) is 12.1 Å². The van der Waals surface area contributed by atoms with Crippen LogP contribution >= 0.6 is 0 Å². The number of nitrogens with one attached hydrogen (secondary N) is 2. The molecule has 5 nitrogen and oxygen atoms in total. The van der Waals surface area contributed by atoms with Crippen molar-refractivity contribution in [2.75, 3.05) is 40.3 Å². The molecule has 1 fully saturated rings. The molecule has 0 amide bonds. The Bertz CT molecular complexity index is 575. The van der Waals surface area contributed by atoms with Gasteiger partial charge < -0.3 is 20.3 Å². The summed E-state index contributed by atoms with van der Waals surface area (Å²) in [5.41, 5.74) is 0.935. The zero-order valence-electron chi connectivity index (χ0n) is 15.3. The molecule has 0 bridgehead atoms. The van der Waals surface area contributed by atoms with E-state index in [1.54, 1.807) is 19.2 Å². The number of likely N-dealkylation sites (tertiary alicyclic amines) is 1. The van der Waals surface area contributed by atoms with Crippen molar-refractivity contribution in [1.29, 1.82) is 0 Å². The minimum atomic E-state index is -4.33. The second-order valence-corrected chi connectivity index (χ2v) is 6.62. The van der Waals surface area contributed by atoms with E-state index in [1.165, 1.54) is 25.0 Å². The van der Waals surface area contributed by atoms with Crippen LogP contribution in [0.5, 0.6) is 5.75 Å². The molecule has 26 heavy (non-hydrogen) atoms. The average Bonchev–Trinajstić information content (AvgIpc) is 2.60. The van der Waals surface area contributed by atoms with Gasteiger partial charge in [0.15, 0.2) is 12.6 Å². The van der Waals surface area contributed by atoms with Crippen LogP contribution in [0.4, 0.5) is 13.2 Å². The predicted octanol–water partition coefficient (Wildman–Crippen LogP) is 2.63. The Labute approximate surface area is 152 Å². The number of guanidine groups is 1. The first-order valence-corrected chi connectivity index (χ1v) is 8.77. The summed E-state index contributed by atoms with van der Waals surface area (Å²) in [5, 5.41) is 6.56. The molecule has 2 rings (SSSR count). The highest BCUT2D eigenvalue weighted by atomic mass is 19.4. The van der Waals surface area contributed by atoms with Crippen molar-refractivity contribution in [1.82, 2.24) is 15.5 Å². The number of rotatable bonds is 6. The smallest absolute Gasteiger partial charge is 0.422 e. The molecule has 0 saturated carbocycles. The third-order valence-corrected chi connectivity index (χ3v) is 4.29. The number of hydrogen-bond donors (Lipinski definition) is 2. The van der Waals surface area contributed by atoms with Gasteiger partial charge in [0.05, 0.1) is 0 Å². The first kappa shape index (κ1) is 20.4. The van der Waals surface area contributed by atoms with Crippen LogP contribution in [0.1, 0.15) is 18.4 Å². The number of ether oxygens (including phenoxy) is 1. The molecule has 1 aliphatic heterocycles. The van der Waals surface area contributed by atoms with Gasteiger partial charge in [-0.05, 0) is 50.0 Å². The second kappa shape index (κ2) is 9.66. The van der Waals surface area contributed by atoms with Gasteiger partial charge in [-0.25, -0.2) is 0 Å². The average molecular weight is 372 g/mol. The standard InChI is InChI=1S/C18H27F3N4O/c1-22-17(24-11-15-4-3-9-25(2)12-15)23-10-14-5-7-16(8-6-14)26-13-18(19,20)21/h5-8,15H,3-4,9-13H2,1-2H3,(H2,22,23,24). The van der Waals surface area contributed by atoms with Gasteiger partial charge in [0, 0.05) is 26.7 Å². The molecule has 0 aliphatic carbocycles. The predicted molar refractivity (Wildman–Crippen MR) is 96.4 cm³/mol. The zero-order chi connectivity index (χ0) is 19.0. The number of halogens is 3. The van der Waals surface area contributed by atoms with Crippen LogP contribution in [-0.2, 0) is 6.54 Å². The summed E-state index contributed by atoms with van der Waals surface area (Å²) in [6, 6.07) is 6.55. The van der Waals surface area contributed by atoms with E-state index < -0.39 is 12.8 Å². The fourth-order valence-corrected chi connectivity index (χ4v) is 2.96. The lowest BCUT2D eigenvalue weighted by Crippen LogP contribution is -2.43. The van der Waals surface area contributed by atoms with Crippen molar-refractivity contribution in [3.05, 3.63) is 29.8 Å². The summed E-state index contributed by atoms with van der Waals surface area (Å²) < 4.78 is 41.1. The quantitative estimate of drug-likeness (QED) is 0.595. The van der Waals surface area contributed by atoms with Gasteiger partial charge >= 0.3 is 6.18 Å². The molecule has 1 aromatic carbocycles. The summed E-state index contributed by atoms with van der Waals surface area (Å²) in [6.07, 6.45) is -1.89. The third-order valence-electron chi connectivity index (χ3n) is 4.29. The monoisotopic (exact) mass is 372 g/mol. The van der Waals surface area contributed by atoms with Crippen molar-refractivity contribution in [3.8, 4) is 5.75 Å². The van der Waals surface area contributed by atoms with Crippen molar-refractivity contribution >= 4 is 5.96 Å². The van der Waals surface area contributed by atoms with Gasteiger partial charge in [-0.15, -0.1) is 0 Å². The summed E-state index contributed by atoms with van der Waals surface area (Å²) in [4.78, 5) is 6.55. The van der Waals surface area contributed by atoms with E-state index in [2.05, 4.69) is 27.6 Å². The molecule has 8 heteroatoms. The van der Waals surface area contributed by atoms with Crippen molar-refractivity contribution in [3.63, 3.8) is 0 Å². The molecule has 0 aromatic heterocycles. The Kier molecular flexibility index (Phi) is 7.56. The molecule has 2 N–H and O–H groups in total. The molecule has 1 heterocycles. The van der Waals surface area contributed by atoms with E-state index in [0.29, 0.717) is 12.5 Å². The number of piperidine rings is 1. The molecule has 0 spiro atoms. The number of hydrogen-bond acceptors (Lipinski definition) is 3. The van der Waals surface area contributed by atoms with E-state index in [0.717, 1.165) is 31.2 Å². The molecule has 1 saturated heterocycles. The maximum Gasteiger partial charge on any atom is 0.422 e. The summed E-state index contributed by atoms with van der Waals surface area (Å²) in [7, 11) is 3.86. The minimum absolute atomic E-state index is 0.204. The lowest BCUT2D eigenvalue weighted by atomic mass is 9.99. The first-order chi connectivity index (χ1) is 12.4. The van der Waals surface area contributed by atoms with E-state index in [1.807, 2.05) is 0 Å². The van der Waals surface area contributed by atoms with Crippen molar-refractivity contribution in [2.45, 2.75) is 25.6 Å². The molecule has 1 unspecified atom stereocenters. The van der Waals surface area contributed by atoms with Gasteiger partial charge in [-0.3, -0.25) is 4.99 Å². The van der Waals surface area contributed by atoms with Crippen LogP contribution in [0.25, 0.3) is 0 Å². The Morgan fingerprint density at radius 3 is 2.62 bits per heavy atom. The Morgan fingerprint density at radius 2 is 2.00 bits per heavy atom. The number of benzene rings is 1. The van der Waals surface area contributed by atoms with Crippen molar-refractivity contribution in [2.24, 2.45) is 10.9 Å². The summed E-state index contributed by atoms with van der Waals surface area (Å²) in [6.45, 7) is 2.37. The van der Waals surface area contributed by atoms with Crippen LogP contribution in [-0.4, -0.2) is 57.4 Å². The van der Waals surface area contributed by atoms with Gasteiger partial charge in [0.2, 0.25) is 0 Å². The summed E-state index contributed by atoms with van der Waals surface area (Å²) >= 11 is 0. The highest BCUT2D eigenvalue weighted by Gasteiger charge is 2.28. The van der Waals surface area contributed by atoms with Crippen LogP contribution < -0.4 is 15.4 Å². The van der Waals surface area contributed by atoms with E-state index in [4.69, 9.17) is 4.74 Å². The minimum Gasteiger partial charge on any atom is -0.484 e. The molecule has 0 radical (unpaired) electrons. The summed E-state index contributed by atoms with van der Waals surface area (Å²) in [5.74, 6) is 1.53. The fraction of sp³-hybridized carbons (Fsp3) is 0.611. The van der Waals surface area contributed by atoms with Gasteiger partial charge in [-0.2, -0.15) is 13.2 Å². The number of nitrogens with zero attached hydrogens (tertiary/aromatic N) is 2. The highest BCUT2D eigenvalue weighted by Crippen LogP contribution is 2.19. The van der Waals surface area contributed by atoms with Crippen LogP contribution in [0.15, 0.2) is 29.3 Å².